The Balaban J connectivity index is 1.48. The zero-order valence-corrected chi connectivity index (χ0v) is 16.0. The Labute approximate surface area is 171 Å². The van der Waals surface area contributed by atoms with Crippen LogP contribution in [0.3, 0.4) is 0 Å². The first kappa shape index (κ1) is 18.0. The average Bonchev–Trinajstić information content (AvgIpc) is 3.22. The van der Waals surface area contributed by atoms with Gasteiger partial charge in [0.2, 0.25) is 6.79 Å². The molecule has 1 aliphatic heterocycles. The van der Waals surface area contributed by atoms with E-state index in [0.717, 1.165) is 16.5 Å². The van der Waals surface area contributed by atoms with E-state index in [9.17, 15) is 9.59 Å². The maximum atomic E-state index is 12.6. The third-order valence-corrected chi connectivity index (χ3v) is 5.02. The van der Waals surface area contributed by atoms with Gasteiger partial charge >= 0.3 is 11.6 Å². The van der Waals surface area contributed by atoms with E-state index >= 15 is 0 Å². The van der Waals surface area contributed by atoms with E-state index in [1.54, 1.807) is 36.4 Å². The van der Waals surface area contributed by atoms with Crippen LogP contribution in [0.15, 0.2) is 75.9 Å². The van der Waals surface area contributed by atoms with Crippen LogP contribution < -0.4 is 19.8 Å². The molecule has 0 bridgehead atoms. The van der Waals surface area contributed by atoms with E-state index in [-0.39, 0.29) is 12.5 Å². The third-order valence-electron chi connectivity index (χ3n) is 5.02. The minimum absolute atomic E-state index is 0.127. The maximum absolute atomic E-state index is 12.6. The molecule has 0 fully saturated rings. The molecule has 4 aromatic rings. The van der Waals surface area contributed by atoms with Gasteiger partial charge < -0.3 is 18.6 Å². The van der Waals surface area contributed by atoms with Gasteiger partial charge in [0.25, 0.3) is 0 Å². The topological polar surface area (TPSA) is 75.0 Å². The number of rotatable bonds is 3. The Kier molecular flexibility index (Phi) is 4.25. The molecule has 0 radical (unpaired) electrons. The van der Waals surface area contributed by atoms with Gasteiger partial charge in [-0.1, -0.05) is 30.3 Å². The SMILES string of the molecule is Cc1c(-c2ccccc2)c(=O)oc2cc(OC(=O)c3ccc4c(c3)OCO4)ccc12. The molecule has 2 heterocycles. The fourth-order valence-electron chi connectivity index (χ4n) is 3.53. The van der Waals surface area contributed by atoms with Gasteiger partial charge in [-0.2, -0.15) is 0 Å². The van der Waals surface area contributed by atoms with Crippen LogP contribution in [0, 0.1) is 6.92 Å². The van der Waals surface area contributed by atoms with Crippen LogP contribution in [0.5, 0.6) is 17.2 Å². The van der Waals surface area contributed by atoms with Crippen molar-refractivity contribution < 1.29 is 23.4 Å². The molecule has 1 aliphatic rings. The lowest BCUT2D eigenvalue weighted by atomic mass is 10.00. The van der Waals surface area contributed by atoms with Crippen LogP contribution in [0.25, 0.3) is 22.1 Å². The fourth-order valence-corrected chi connectivity index (χ4v) is 3.53. The second-order valence-corrected chi connectivity index (χ2v) is 6.87. The first-order chi connectivity index (χ1) is 14.6. The number of ether oxygens (including phenoxy) is 3. The Morgan fingerprint density at radius 2 is 1.73 bits per heavy atom. The molecule has 0 atom stereocenters. The smallest absolute Gasteiger partial charge is 0.344 e. The summed E-state index contributed by atoms with van der Waals surface area (Å²) >= 11 is 0. The fraction of sp³-hybridized carbons (Fsp3) is 0.0833. The van der Waals surface area contributed by atoms with Crippen molar-refractivity contribution >= 4 is 16.9 Å². The predicted molar refractivity (Wildman–Crippen MR) is 110 cm³/mol. The first-order valence-electron chi connectivity index (χ1n) is 9.35. The Morgan fingerprint density at radius 3 is 2.57 bits per heavy atom. The number of hydrogen-bond acceptors (Lipinski definition) is 6. The van der Waals surface area contributed by atoms with E-state index in [1.807, 2.05) is 37.3 Å². The van der Waals surface area contributed by atoms with E-state index in [1.165, 1.54) is 0 Å². The number of esters is 1. The summed E-state index contributed by atoms with van der Waals surface area (Å²) in [6.45, 7) is 2.00. The van der Waals surface area contributed by atoms with E-state index in [4.69, 9.17) is 18.6 Å². The highest BCUT2D eigenvalue weighted by Crippen LogP contribution is 2.33. The van der Waals surface area contributed by atoms with Gasteiger partial charge in [0, 0.05) is 11.5 Å². The maximum Gasteiger partial charge on any atom is 0.344 e. The van der Waals surface area contributed by atoms with Gasteiger partial charge in [0.15, 0.2) is 11.5 Å². The molecular formula is C24H16O6. The molecule has 148 valence electrons. The lowest BCUT2D eigenvalue weighted by Gasteiger charge is -2.10. The quantitative estimate of drug-likeness (QED) is 0.282. The molecule has 5 rings (SSSR count). The summed E-state index contributed by atoms with van der Waals surface area (Å²) in [6, 6.07) is 19.2. The van der Waals surface area contributed by atoms with Crippen molar-refractivity contribution in [1.29, 1.82) is 0 Å². The zero-order valence-electron chi connectivity index (χ0n) is 16.0. The molecule has 0 N–H and O–H groups in total. The van der Waals surface area contributed by atoms with E-state index < -0.39 is 11.6 Å². The molecule has 1 aromatic heterocycles. The molecule has 0 saturated heterocycles. The number of aryl methyl sites for hydroxylation is 1. The van der Waals surface area contributed by atoms with Crippen molar-refractivity contribution in [2.45, 2.75) is 6.92 Å². The minimum atomic E-state index is -0.548. The molecule has 0 amide bonds. The Morgan fingerprint density at radius 1 is 0.933 bits per heavy atom. The molecule has 30 heavy (non-hydrogen) atoms. The summed E-state index contributed by atoms with van der Waals surface area (Å²) in [6.07, 6.45) is 0. The van der Waals surface area contributed by atoms with Crippen molar-refractivity contribution in [2.24, 2.45) is 0 Å². The number of benzene rings is 3. The highest BCUT2D eigenvalue weighted by Gasteiger charge is 2.18. The van der Waals surface area contributed by atoms with Crippen LogP contribution in [0.1, 0.15) is 15.9 Å². The third kappa shape index (κ3) is 3.08. The van der Waals surface area contributed by atoms with Gasteiger partial charge in [0.1, 0.15) is 11.3 Å². The molecule has 6 heteroatoms. The summed E-state index contributed by atoms with van der Waals surface area (Å²) < 4.78 is 21.5. The summed E-state index contributed by atoms with van der Waals surface area (Å²) in [5.74, 6) is 0.814. The normalized spacial score (nSPS) is 12.2. The lowest BCUT2D eigenvalue weighted by molar-refractivity contribution is 0.0734. The van der Waals surface area contributed by atoms with Crippen LogP contribution in [0.2, 0.25) is 0 Å². The largest absolute Gasteiger partial charge is 0.454 e. The molecule has 6 nitrogen and oxygen atoms in total. The second-order valence-electron chi connectivity index (χ2n) is 6.87. The highest BCUT2D eigenvalue weighted by atomic mass is 16.7. The summed E-state index contributed by atoms with van der Waals surface area (Å²) in [4.78, 5) is 25.1. The summed E-state index contributed by atoms with van der Waals surface area (Å²) in [5, 5.41) is 0.774. The minimum Gasteiger partial charge on any atom is -0.454 e. The van der Waals surface area contributed by atoms with Crippen molar-refractivity contribution in [3.05, 3.63) is 88.3 Å². The Bertz CT molecular complexity index is 1340. The van der Waals surface area contributed by atoms with Crippen LogP contribution in [-0.4, -0.2) is 12.8 Å². The standard InChI is InChI=1S/C24H16O6/c1-14-18-9-8-17(29-23(25)16-7-10-19-21(11-16)28-13-27-19)12-20(18)30-24(26)22(14)15-5-3-2-4-6-15/h2-12H,13H2,1H3. The second kappa shape index (κ2) is 7.08. The Hall–Kier alpha value is -4.06. The number of carbonyl (C=O) groups excluding carboxylic acids is 1. The van der Waals surface area contributed by atoms with Crippen LogP contribution >= 0.6 is 0 Å². The summed E-state index contributed by atoms with van der Waals surface area (Å²) in [5.41, 5.74) is 2.37. The average molecular weight is 400 g/mol. The van der Waals surface area contributed by atoms with Crippen molar-refractivity contribution in [1.82, 2.24) is 0 Å². The predicted octanol–water partition coefficient (Wildman–Crippen LogP) is 4.72. The molecule has 0 aliphatic carbocycles. The van der Waals surface area contributed by atoms with Crippen molar-refractivity contribution in [3.8, 4) is 28.4 Å². The highest BCUT2D eigenvalue weighted by molar-refractivity contribution is 5.93. The van der Waals surface area contributed by atoms with Gasteiger partial charge in [-0.25, -0.2) is 9.59 Å². The monoisotopic (exact) mass is 400 g/mol. The van der Waals surface area contributed by atoms with Crippen molar-refractivity contribution in [2.75, 3.05) is 6.79 Å². The van der Waals surface area contributed by atoms with Gasteiger partial charge in [-0.3, -0.25) is 0 Å². The molecule has 0 unspecified atom stereocenters. The molecule has 0 spiro atoms. The van der Waals surface area contributed by atoms with Gasteiger partial charge in [-0.05, 0) is 48.4 Å². The molecule has 3 aromatic carbocycles. The zero-order chi connectivity index (χ0) is 20.7. The van der Waals surface area contributed by atoms with Crippen LogP contribution in [-0.2, 0) is 0 Å². The van der Waals surface area contributed by atoms with Crippen LogP contribution in [0.4, 0.5) is 0 Å². The van der Waals surface area contributed by atoms with Gasteiger partial charge in [-0.15, -0.1) is 0 Å². The number of carbonyl (C=O) groups is 1. The van der Waals surface area contributed by atoms with Crippen molar-refractivity contribution in [3.63, 3.8) is 0 Å². The van der Waals surface area contributed by atoms with E-state index in [2.05, 4.69) is 0 Å². The number of fused-ring (bicyclic) bond motifs is 2. The summed E-state index contributed by atoms with van der Waals surface area (Å²) in [7, 11) is 0. The molecule has 0 saturated carbocycles. The van der Waals surface area contributed by atoms with E-state index in [0.29, 0.717) is 28.2 Å². The number of hydrogen-bond donors (Lipinski definition) is 0. The lowest BCUT2D eigenvalue weighted by Crippen LogP contribution is -2.09. The molecular weight excluding hydrogens is 384 g/mol. The van der Waals surface area contributed by atoms with Gasteiger partial charge in [0.05, 0.1) is 11.1 Å². The first-order valence-corrected chi connectivity index (χ1v) is 9.35.